The van der Waals surface area contributed by atoms with Crippen LogP contribution in [0.1, 0.15) is 30.1 Å². The minimum absolute atomic E-state index is 0.0979. The molecule has 1 N–H and O–H groups in total. The Kier molecular flexibility index (Phi) is 6.42. The van der Waals surface area contributed by atoms with Crippen LogP contribution in [0.4, 0.5) is 0 Å². The molecule has 4 nitrogen and oxygen atoms in total. The molecule has 0 aliphatic rings. The number of carbonyl (C=O) groups excluding carboxylic acids is 1. The predicted octanol–water partition coefficient (Wildman–Crippen LogP) is 2.74. The molecule has 1 aromatic carbocycles. The second-order valence-electron chi connectivity index (χ2n) is 4.29. The predicted molar refractivity (Wildman–Crippen MR) is 76.7 cm³/mol. The summed E-state index contributed by atoms with van der Waals surface area (Å²) >= 11 is 1.43. The minimum atomic E-state index is -0.938. The van der Waals surface area contributed by atoms with E-state index in [0.29, 0.717) is 5.75 Å². The van der Waals surface area contributed by atoms with Gasteiger partial charge in [-0.05, 0) is 30.7 Å². The topological polar surface area (TPSA) is 57.6 Å². The van der Waals surface area contributed by atoms with Crippen LogP contribution in [0, 0.1) is 0 Å². The average Bonchev–Trinajstić information content (AvgIpc) is 2.42. The number of carboxylic acids is 1. The van der Waals surface area contributed by atoms with Gasteiger partial charge in [0, 0.05) is 18.5 Å². The standard InChI is InChI=1S/C14H19NO3S/c1-3-4-9-15(2)13(16)10-19-12-7-5-11(6-8-12)14(17)18/h5-8H,3-4,9-10H2,1-2H3,(H,17,18). The fraction of sp³-hybridized carbons (Fsp3) is 0.429. The van der Waals surface area contributed by atoms with Crippen molar-refractivity contribution in [2.75, 3.05) is 19.3 Å². The van der Waals surface area contributed by atoms with Crippen LogP contribution in [0.25, 0.3) is 0 Å². The van der Waals surface area contributed by atoms with E-state index in [1.54, 1.807) is 29.2 Å². The lowest BCUT2D eigenvalue weighted by Crippen LogP contribution is -2.29. The lowest BCUT2D eigenvalue weighted by molar-refractivity contribution is -0.127. The third-order valence-corrected chi connectivity index (χ3v) is 3.73. The highest BCUT2D eigenvalue weighted by Crippen LogP contribution is 2.18. The number of nitrogens with zero attached hydrogens (tertiary/aromatic N) is 1. The van der Waals surface area contributed by atoms with Crippen LogP contribution >= 0.6 is 11.8 Å². The summed E-state index contributed by atoms with van der Waals surface area (Å²) in [7, 11) is 1.81. The van der Waals surface area contributed by atoms with Crippen molar-refractivity contribution in [1.82, 2.24) is 4.90 Å². The summed E-state index contributed by atoms with van der Waals surface area (Å²) in [6.45, 7) is 2.88. The van der Waals surface area contributed by atoms with Crippen molar-refractivity contribution >= 4 is 23.6 Å². The van der Waals surface area contributed by atoms with Crippen molar-refractivity contribution in [3.8, 4) is 0 Å². The lowest BCUT2D eigenvalue weighted by atomic mass is 10.2. The summed E-state index contributed by atoms with van der Waals surface area (Å²) in [6, 6.07) is 6.56. The van der Waals surface area contributed by atoms with Crippen LogP contribution < -0.4 is 0 Å². The van der Waals surface area contributed by atoms with Gasteiger partial charge in [0.2, 0.25) is 5.91 Å². The number of carboxylic acid groups (broad SMARTS) is 1. The Labute approximate surface area is 117 Å². The first-order valence-corrected chi connectivity index (χ1v) is 7.23. The third kappa shape index (κ3) is 5.34. The molecular formula is C14H19NO3S. The van der Waals surface area contributed by atoms with Crippen molar-refractivity contribution < 1.29 is 14.7 Å². The molecule has 1 rings (SSSR count). The van der Waals surface area contributed by atoms with Gasteiger partial charge in [0.25, 0.3) is 0 Å². The van der Waals surface area contributed by atoms with Gasteiger partial charge in [-0.2, -0.15) is 0 Å². The number of thioether (sulfide) groups is 1. The molecule has 0 spiro atoms. The number of hydrogen-bond acceptors (Lipinski definition) is 3. The summed E-state index contributed by atoms with van der Waals surface area (Å²) in [5.74, 6) is -0.459. The summed E-state index contributed by atoms with van der Waals surface area (Å²) in [6.07, 6.45) is 2.08. The van der Waals surface area contributed by atoms with Crippen LogP contribution in [-0.4, -0.2) is 41.2 Å². The van der Waals surface area contributed by atoms with Gasteiger partial charge >= 0.3 is 5.97 Å². The maximum atomic E-state index is 11.8. The molecule has 0 radical (unpaired) electrons. The van der Waals surface area contributed by atoms with Crippen molar-refractivity contribution in [1.29, 1.82) is 0 Å². The first-order valence-electron chi connectivity index (χ1n) is 6.24. The Morgan fingerprint density at radius 1 is 1.26 bits per heavy atom. The molecule has 0 atom stereocenters. The Morgan fingerprint density at radius 2 is 1.89 bits per heavy atom. The van der Waals surface area contributed by atoms with Gasteiger partial charge in [0.05, 0.1) is 11.3 Å². The van der Waals surface area contributed by atoms with Crippen LogP contribution in [0.2, 0.25) is 0 Å². The Balaban J connectivity index is 2.43. The van der Waals surface area contributed by atoms with Gasteiger partial charge in [-0.15, -0.1) is 11.8 Å². The van der Waals surface area contributed by atoms with Crippen molar-refractivity contribution in [3.05, 3.63) is 29.8 Å². The van der Waals surface area contributed by atoms with Gasteiger partial charge in [0.1, 0.15) is 0 Å². The zero-order valence-electron chi connectivity index (χ0n) is 11.3. The first kappa shape index (κ1) is 15.6. The molecule has 104 valence electrons. The Bertz CT molecular complexity index is 431. The van der Waals surface area contributed by atoms with E-state index in [1.165, 1.54) is 11.8 Å². The SMILES string of the molecule is CCCCN(C)C(=O)CSc1ccc(C(=O)O)cc1. The highest BCUT2D eigenvalue weighted by atomic mass is 32.2. The fourth-order valence-corrected chi connectivity index (χ4v) is 2.31. The maximum absolute atomic E-state index is 11.8. The molecular weight excluding hydrogens is 262 g/mol. The second kappa shape index (κ2) is 7.84. The third-order valence-electron chi connectivity index (χ3n) is 2.74. The van der Waals surface area contributed by atoms with Gasteiger partial charge in [-0.25, -0.2) is 4.79 Å². The Hall–Kier alpha value is -1.49. The molecule has 0 fully saturated rings. The van der Waals surface area contributed by atoms with Crippen LogP contribution in [-0.2, 0) is 4.79 Å². The lowest BCUT2D eigenvalue weighted by Gasteiger charge is -2.16. The number of hydrogen-bond donors (Lipinski definition) is 1. The molecule has 5 heteroatoms. The van der Waals surface area contributed by atoms with Crippen molar-refractivity contribution in [3.63, 3.8) is 0 Å². The molecule has 0 saturated heterocycles. The van der Waals surface area contributed by atoms with Crippen LogP contribution in [0.5, 0.6) is 0 Å². The molecule has 1 aromatic rings. The summed E-state index contributed by atoms with van der Waals surface area (Å²) in [4.78, 5) is 25.2. The molecule has 19 heavy (non-hydrogen) atoms. The molecule has 0 heterocycles. The smallest absolute Gasteiger partial charge is 0.335 e. The molecule has 0 aliphatic carbocycles. The van der Waals surface area contributed by atoms with E-state index in [2.05, 4.69) is 6.92 Å². The maximum Gasteiger partial charge on any atom is 0.335 e. The van der Waals surface area contributed by atoms with E-state index in [0.717, 1.165) is 24.3 Å². The zero-order chi connectivity index (χ0) is 14.3. The highest BCUT2D eigenvalue weighted by molar-refractivity contribution is 8.00. The Morgan fingerprint density at radius 3 is 2.42 bits per heavy atom. The number of carbonyl (C=O) groups is 2. The van der Waals surface area contributed by atoms with E-state index >= 15 is 0 Å². The van der Waals surface area contributed by atoms with E-state index in [1.807, 2.05) is 7.05 Å². The molecule has 0 aliphatic heterocycles. The molecule has 0 bridgehead atoms. The van der Waals surface area contributed by atoms with Gasteiger partial charge in [-0.1, -0.05) is 13.3 Å². The van der Waals surface area contributed by atoms with Gasteiger partial charge < -0.3 is 10.0 Å². The summed E-state index contributed by atoms with van der Waals surface area (Å²) < 4.78 is 0. The molecule has 0 aromatic heterocycles. The molecule has 0 unspecified atom stereocenters. The van der Waals surface area contributed by atoms with E-state index in [9.17, 15) is 9.59 Å². The van der Waals surface area contributed by atoms with Crippen LogP contribution in [0.15, 0.2) is 29.2 Å². The van der Waals surface area contributed by atoms with E-state index in [4.69, 9.17) is 5.11 Å². The normalized spacial score (nSPS) is 10.2. The first-order chi connectivity index (χ1) is 9.04. The average molecular weight is 281 g/mol. The molecule has 0 saturated carbocycles. The number of aromatic carboxylic acids is 1. The summed E-state index contributed by atoms with van der Waals surface area (Å²) in [5.41, 5.74) is 0.260. The second-order valence-corrected chi connectivity index (χ2v) is 5.34. The number of rotatable bonds is 7. The number of amides is 1. The summed E-state index contributed by atoms with van der Waals surface area (Å²) in [5, 5.41) is 8.78. The monoisotopic (exact) mass is 281 g/mol. The van der Waals surface area contributed by atoms with Crippen molar-refractivity contribution in [2.24, 2.45) is 0 Å². The minimum Gasteiger partial charge on any atom is -0.478 e. The fourth-order valence-electron chi connectivity index (χ4n) is 1.47. The van der Waals surface area contributed by atoms with Gasteiger partial charge in [-0.3, -0.25) is 4.79 Å². The van der Waals surface area contributed by atoms with E-state index in [-0.39, 0.29) is 11.5 Å². The number of unbranched alkanes of at least 4 members (excludes halogenated alkanes) is 1. The highest BCUT2D eigenvalue weighted by Gasteiger charge is 2.09. The quantitative estimate of drug-likeness (QED) is 0.781. The molecule has 1 amide bonds. The number of benzene rings is 1. The zero-order valence-corrected chi connectivity index (χ0v) is 12.1. The van der Waals surface area contributed by atoms with Crippen molar-refractivity contribution in [2.45, 2.75) is 24.7 Å². The van der Waals surface area contributed by atoms with Gasteiger partial charge in [0.15, 0.2) is 0 Å². The van der Waals surface area contributed by atoms with E-state index < -0.39 is 5.97 Å². The largest absolute Gasteiger partial charge is 0.478 e. The van der Waals surface area contributed by atoms with Crippen LogP contribution in [0.3, 0.4) is 0 Å².